The first kappa shape index (κ1) is 16.9. The summed E-state index contributed by atoms with van der Waals surface area (Å²) in [5.41, 5.74) is 7.13. The predicted octanol–water partition coefficient (Wildman–Crippen LogP) is 5.08. The summed E-state index contributed by atoms with van der Waals surface area (Å²) in [4.78, 5) is 0. The third-order valence-corrected chi connectivity index (χ3v) is 4.22. The van der Waals surface area contributed by atoms with Gasteiger partial charge in [0.1, 0.15) is 0 Å². The van der Waals surface area contributed by atoms with Gasteiger partial charge in [0.25, 0.3) is 0 Å². The highest BCUT2D eigenvalue weighted by Gasteiger charge is 2.24. The molecule has 0 bridgehead atoms. The molecule has 0 aliphatic rings. The molecule has 2 unspecified atom stereocenters. The van der Waals surface area contributed by atoms with Gasteiger partial charge in [0, 0.05) is 32.6 Å². The predicted molar refractivity (Wildman–Crippen MR) is 89.7 cm³/mol. The average Bonchev–Trinajstić information content (AvgIpc) is 2.40. The number of hydrogen-bond donors (Lipinski definition) is 2. The lowest BCUT2D eigenvalue weighted by Crippen LogP contribution is -2.20. The maximum atomic E-state index is 10.6. The molecule has 0 radical (unpaired) electrons. The minimum absolute atomic E-state index is 0.215. The van der Waals surface area contributed by atoms with Gasteiger partial charge in [-0.2, -0.15) is 0 Å². The van der Waals surface area contributed by atoms with Gasteiger partial charge in [0.05, 0.1) is 6.10 Å². The van der Waals surface area contributed by atoms with Crippen molar-refractivity contribution in [2.45, 2.75) is 12.0 Å². The Labute approximate surface area is 143 Å². The van der Waals surface area contributed by atoms with E-state index in [4.69, 9.17) is 52.1 Å². The highest BCUT2D eigenvalue weighted by molar-refractivity contribution is 6.35. The Morgan fingerprint density at radius 1 is 0.905 bits per heavy atom. The maximum Gasteiger partial charge on any atom is 0.0872 e. The fraction of sp³-hybridized carbons (Fsp3) is 0.200. The SMILES string of the molecule is NCC(c1ccc(Cl)cc1Cl)C(O)c1cc(Cl)cc(Cl)c1. The zero-order chi connectivity index (χ0) is 15.6. The first-order valence-corrected chi connectivity index (χ1v) is 7.72. The Morgan fingerprint density at radius 2 is 1.52 bits per heavy atom. The van der Waals surface area contributed by atoms with Crippen LogP contribution in [0.5, 0.6) is 0 Å². The monoisotopic (exact) mass is 363 g/mol. The lowest BCUT2D eigenvalue weighted by atomic mass is 9.89. The molecule has 21 heavy (non-hydrogen) atoms. The number of nitrogens with two attached hydrogens (primary N) is 1. The van der Waals surface area contributed by atoms with Crippen LogP contribution in [0.1, 0.15) is 23.1 Å². The summed E-state index contributed by atoms with van der Waals surface area (Å²) < 4.78 is 0. The number of aliphatic hydroxyl groups is 1. The third-order valence-electron chi connectivity index (χ3n) is 3.22. The molecule has 0 aliphatic carbocycles. The second-order valence-electron chi connectivity index (χ2n) is 4.66. The van der Waals surface area contributed by atoms with Crippen LogP contribution >= 0.6 is 46.4 Å². The van der Waals surface area contributed by atoms with Crippen LogP contribution in [0.15, 0.2) is 36.4 Å². The van der Waals surface area contributed by atoms with Crippen molar-refractivity contribution >= 4 is 46.4 Å². The van der Waals surface area contributed by atoms with Crippen LogP contribution in [-0.4, -0.2) is 11.7 Å². The van der Waals surface area contributed by atoms with Gasteiger partial charge in [-0.05, 0) is 41.5 Å². The van der Waals surface area contributed by atoms with Crippen molar-refractivity contribution in [2.24, 2.45) is 5.73 Å². The van der Waals surface area contributed by atoms with E-state index in [9.17, 15) is 5.11 Å². The van der Waals surface area contributed by atoms with E-state index >= 15 is 0 Å². The number of aliphatic hydroxyl groups excluding tert-OH is 1. The molecule has 0 saturated carbocycles. The first-order chi connectivity index (χ1) is 9.92. The van der Waals surface area contributed by atoms with Crippen molar-refractivity contribution in [1.29, 1.82) is 0 Å². The Balaban J connectivity index is 2.40. The Hall–Kier alpha value is -0.480. The van der Waals surface area contributed by atoms with Gasteiger partial charge in [-0.25, -0.2) is 0 Å². The largest absolute Gasteiger partial charge is 0.388 e. The normalized spacial score (nSPS) is 14.0. The van der Waals surface area contributed by atoms with E-state index in [0.29, 0.717) is 25.7 Å². The molecule has 2 nitrogen and oxygen atoms in total. The van der Waals surface area contributed by atoms with Gasteiger partial charge in [0.15, 0.2) is 0 Å². The van der Waals surface area contributed by atoms with Crippen molar-refractivity contribution < 1.29 is 5.11 Å². The minimum atomic E-state index is -0.870. The van der Waals surface area contributed by atoms with E-state index in [1.807, 2.05) is 0 Å². The summed E-state index contributed by atoms with van der Waals surface area (Å²) in [6.07, 6.45) is -0.870. The highest BCUT2D eigenvalue weighted by atomic mass is 35.5. The van der Waals surface area contributed by atoms with E-state index in [1.54, 1.807) is 36.4 Å². The number of rotatable bonds is 4. The molecule has 2 rings (SSSR count). The number of benzene rings is 2. The van der Waals surface area contributed by atoms with Crippen molar-refractivity contribution in [3.05, 3.63) is 67.6 Å². The molecule has 0 fully saturated rings. The van der Waals surface area contributed by atoms with E-state index in [2.05, 4.69) is 0 Å². The van der Waals surface area contributed by atoms with E-state index < -0.39 is 6.10 Å². The molecule has 0 aliphatic heterocycles. The topological polar surface area (TPSA) is 46.2 Å². The quantitative estimate of drug-likeness (QED) is 0.794. The van der Waals surface area contributed by atoms with Crippen LogP contribution < -0.4 is 5.73 Å². The second kappa shape index (κ2) is 7.19. The molecule has 0 saturated heterocycles. The Kier molecular flexibility index (Phi) is 5.78. The maximum absolute atomic E-state index is 10.6. The number of halogens is 4. The molecule has 3 N–H and O–H groups in total. The van der Waals surface area contributed by atoms with Gasteiger partial charge in [-0.1, -0.05) is 52.5 Å². The molecule has 2 atom stereocenters. The van der Waals surface area contributed by atoms with Crippen LogP contribution in [0, 0.1) is 0 Å². The van der Waals surface area contributed by atoms with Gasteiger partial charge in [0.2, 0.25) is 0 Å². The van der Waals surface area contributed by atoms with Gasteiger partial charge in [-0.15, -0.1) is 0 Å². The summed E-state index contributed by atoms with van der Waals surface area (Å²) in [7, 11) is 0. The molecule has 0 aromatic heterocycles. The zero-order valence-corrected chi connectivity index (χ0v) is 13.9. The van der Waals surface area contributed by atoms with Crippen molar-refractivity contribution in [1.82, 2.24) is 0 Å². The van der Waals surface area contributed by atoms with Crippen LogP contribution in [0.25, 0.3) is 0 Å². The first-order valence-electron chi connectivity index (χ1n) is 6.21. The van der Waals surface area contributed by atoms with Gasteiger partial charge >= 0.3 is 0 Å². The van der Waals surface area contributed by atoms with Crippen LogP contribution in [-0.2, 0) is 0 Å². The lowest BCUT2D eigenvalue weighted by molar-refractivity contribution is 0.147. The van der Waals surface area contributed by atoms with Gasteiger partial charge < -0.3 is 10.8 Å². The van der Waals surface area contributed by atoms with Crippen LogP contribution in [0.2, 0.25) is 20.1 Å². The summed E-state index contributed by atoms with van der Waals surface area (Å²) in [6, 6.07) is 10.0. The molecule has 112 valence electrons. The Bertz CT molecular complexity index is 627. The van der Waals surface area contributed by atoms with Crippen molar-refractivity contribution in [2.75, 3.05) is 6.54 Å². The van der Waals surface area contributed by atoms with E-state index in [1.165, 1.54) is 0 Å². The standard InChI is InChI=1S/C15H13Cl4NO/c16-9-1-2-12(14(19)6-9)13(7-20)15(21)8-3-10(17)5-11(18)4-8/h1-6,13,15,21H,7,20H2. The fourth-order valence-electron chi connectivity index (χ4n) is 2.21. The van der Waals surface area contributed by atoms with Crippen molar-refractivity contribution in [3.8, 4) is 0 Å². The minimum Gasteiger partial charge on any atom is -0.388 e. The second-order valence-corrected chi connectivity index (χ2v) is 6.37. The average molecular weight is 365 g/mol. The fourth-order valence-corrected chi connectivity index (χ4v) is 3.30. The molecule has 0 heterocycles. The summed E-state index contributed by atoms with van der Waals surface area (Å²) >= 11 is 24.0. The summed E-state index contributed by atoms with van der Waals surface area (Å²) in [6.45, 7) is 0.215. The molecule has 2 aromatic carbocycles. The zero-order valence-electron chi connectivity index (χ0n) is 10.9. The van der Waals surface area contributed by atoms with Crippen LogP contribution in [0.4, 0.5) is 0 Å². The lowest BCUT2D eigenvalue weighted by Gasteiger charge is -2.23. The molecule has 6 heteroatoms. The third kappa shape index (κ3) is 4.04. The summed E-state index contributed by atoms with van der Waals surface area (Å²) in [5, 5.41) is 12.5. The van der Waals surface area contributed by atoms with Gasteiger partial charge in [-0.3, -0.25) is 0 Å². The highest BCUT2D eigenvalue weighted by Crippen LogP contribution is 2.36. The van der Waals surface area contributed by atoms with E-state index in [-0.39, 0.29) is 12.5 Å². The van der Waals surface area contributed by atoms with Crippen molar-refractivity contribution in [3.63, 3.8) is 0 Å². The Morgan fingerprint density at radius 3 is 2.05 bits per heavy atom. The smallest absolute Gasteiger partial charge is 0.0872 e. The summed E-state index contributed by atoms with van der Waals surface area (Å²) in [5.74, 6) is -0.385. The molecule has 0 amide bonds. The molecule has 0 spiro atoms. The molecule has 2 aromatic rings. The molecular formula is C15H13Cl4NO. The van der Waals surface area contributed by atoms with Crippen LogP contribution in [0.3, 0.4) is 0 Å². The van der Waals surface area contributed by atoms with E-state index in [0.717, 1.165) is 5.56 Å². The number of hydrogen-bond acceptors (Lipinski definition) is 2. The molecular weight excluding hydrogens is 352 g/mol.